The van der Waals surface area contributed by atoms with E-state index in [9.17, 15) is 4.79 Å². The molecule has 114 valence electrons. The lowest BCUT2D eigenvalue weighted by atomic mass is 10.1. The van der Waals surface area contributed by atoms with Crippen LogP contribution < -0.4 is 4.74 Å². The minimum atomic E-state index is -0.199. The largest absolute Gasteiger partial charge is 0.490 e. The Morgan fingerprint density at radius 3 is 2.71 bits per heavy atom. The van der Waals surface area contributed by atoms with Crippen LogP contribution in [0.2, 0.25) is 0 Å². The maximum atomic E-state index is 12.6. The molecular weight excluding hydrogens is 268 g/mol. The predicted molar refractivity (Wildman–Crippen MR) is 80.2 cm³/mol. The Labute approximate surface area is 126 Å². The number of nitrogens with zero attached hydrogens (tertiary/aromatic N) is 2. The molecule has 0 spiro atoms. The van der Waals surface area contributed by atoms with Crippen molar-refractivity contribution in [2.24, 2.45) is 5.92 Å². The Hall–Kier alpha value is -2.06. The molecule has 1 rings (SSSR count). The predicted octanol–water partition coefficient (Wildman–Crippen LogP) is 2.33. The molecule has 1 amide bonds. The molecule has 0 saturated heterocycles. The molecule has 1 aromatic carbocycles. The van der Waals surface area contributed by atoms with Gasteiger partial charge in [0.2, 0.25) is 0 Å². The highest BCUT2D eigenvalue weighted by Crippen LogP contribution is 2.20. The number of hydrogen-bond acceptors (Lipinski definition) is 4. The van der Waals surface area contributed by atoms with Gasteiger partial charge in [0.05, 0.1) is 24.2 Å². The number of ether oxygens (including phenoxy) is 2. The first-order chi connectivity index (χ1) is 10.1. The van der Waals surface area contributed by atoms with Crippen molar-refractivity contribution in [1.29, 1.82) is 5.26 Å². The van der Waals surface area contributed by atoms with Gasteiger partial charge in [0.25, 0.3) is 5.91 Å². The highest BCUT2D eigenvalue weighted by Gasteiger charge is 2.19. The third-order valence-electron chi connectivity index (χ3n) is 3.05. The second-order valence-corrected chi connectivity index (χ2v) is 4.71. The molecule has 5 heteroatoms. The Kier molecular flexibility index (Phi) is 7.27. The van der Waals surface area contributed by atoms with Crippen molar-refractivity contribution in [1.82, 2.24) is 4.90 Å². The van der Waals surface area contributed by atoms with E-state index in [1.54, 1.807) is 37.1 Å². The van der Waals surface area contributed by atoms with Crippen LogP contribution in [0.4, 0.5) is 0 Å². The molecular formula is C16H22N2O3. The van der Waals surface area contributed by atoms with Crippen molar-refractivity contribution < 1.29 is 14.3 Å². The van der Waals surface area contributed by atoms with Gasteiger partial charge < -0.3 is 14.4 Å². The Balaban J connectivity index is 2.87. The number of carbonyl (C=O) groups excluding carboxylic acids is 1. The number of carbonyl (C=O) groups is 1. The summed E-state index contributed by atoms with van der Waals surface area (Å²) in [6, 6.07) is 9.29. The third kappa shape index (κ3) is 5.09. The van der Waals surface area contributed by atoms with Crippen molar-refractivity contribution in [2.45, 2.75) is 13.8 Å². The van der Waals surface area contributed by atoms with E-state index in [1.165, 1.54) is 0 Å². The number of amides is 1. The molecule has 1 aromatic rings. The summed E-state index contributed by atoms with van der Waals surface area (Å²) in [7, 11) is 1.60. The third-order valence-corrected chi connectivity index (χ3v) is 3.05. The van der Waals surface area contributed by atoms with Crippen LogP contribution in [0.25, 0.3) is 0 Å². The Morgan fingerprint density at radius 2 is 2.10 bits per heavy atom. The van der Waals surface area contributed by atoms with E-state index in [2.05, 4.69) is 6.07 Å². The first kappa shape index (κ1) is 17.0. The van der Waals surface area contributed by atoms with Crippen molar-refractivity contribution >= 4 is 5.91 Å². The molecule has 5 nitrogen and oxygen atoms in total. The van der Waals surface area contributed by atoms with Crippen LogP contribution in [0, 0.1) is 17.2 Å². The minimum absolute atomic E-state index is 0.118. The topological polar surface area (TPSA) is 62.6 Å². The van der Waals surface area contributed by atoms with Crippen LogP contribution in [0.15, 0.2) is 24.3 Å². The number of rotatable bonds is 8. The number of para-hydroxylation sites is 1. The zero-order valence-electron chi connectivity index (χ0n) is 12.8. The fraction of sp³-hybridized carbons (Fsp3) is 0.500. The molecule has 0 saturated carbocycles. The molecule has 1 atom stereocenters. The highest BCUT2D eigenvalue weighted by molar-refractivity contribution is 5.96. The minimum Gasteiger partial charge on any atom is -0.490 e. The van der Waals surface area contributed by atoms with Crippen LogP contribution in [-0.4, -0.2) is 44.2 Å². The first-order valence-corrected chi connectivity index (χ1v) is 7.03. The van der Waals surface area contributed by atoms with Crippen LogP contribution in [0.3, 0.4) is 0 Å². The summed E-state index contributed by atoms with van der Waals surface area (Å²) >= 11 is 0. The van der Waals surface area contributed by atoms with Gasteiger partial charge in [-0.05, 0) is 26.0 Å². The molecule has 0 N–H and O–H groups in total. The normalized spacial score (nSPS) is 11.5. The van der Waals surface area contributed by atoms with Crippen molar-refractivity contribution in [2.75, 3.05) is 33.4 Å². The van der Waals surface area contributed by atoms with E-state index in [1.807, 2.05) is 13.0 Å². The van der Waals surface area contributed by atoms with Gasteiger partial charge in [-0.3, -0.25) is 4.79 Å². The molecule has 21 heavy (non-hydrogen) atoms. The monoisotopic (exact) mass is 290 g/mol. The maximum absolute atomic E-state index is 12.6. The van der Waals surface area contributed by atoms with E-state index >= 15 is 0 Å². The van der Waals surface area contributed by atoms with Crippen molar-refractivity contribution in [3.63, 3.8) is 0 Å². The summed E-state index contributed by atoms with van der Waals surface area (Å²) in [6.45, 7) is 5.52. The molecule has 0 aromatic heterocycles. The van der Waals surface area contributed by atoms with Gasteiger partial charge in [-0.1, -0.05) is 12.1 Å². The maximum Gasteiger partial charge on any atom is 0.257 e. The number of hydrogen-bond donors (Lipinski definition) is 0. The Bertz CT molecular complexity index is 497. The van der Waals surface area contributed by atoms with Gasteiger partial charge in [-0.2, -0.15) is 5.26 Å². The molecule has 0 heterocycles. The summed E-state index contributed by atoms with van der Waals surface area (Å²) in [5.41, 5.74) is 0.514. The number of benzene rings is 1. The fourth-order valence-electron chi connectivity index (χ4n) is 1.90. The van der Waals surface area contributed by atoms with Crippen LogP contribution in [0.5, 0.6) is 5.75 Å². The summed E-state index contributed by atoms with van der Waals surface area (Å²) in [6.07, 6.45) is 0. The first-order valence-electron chi connectivity index (χ1n) is 7.03. The lowest BCUT2D eigenvalue weighted by Crippen LogP contribution is -2.34. The standard InChI is InChI=1S/C16H22N2O3/c1-4-18(12-13(2)11-17)16(19)14-7-5-6-8-15(14)21-10-9-20-3/h5-8,13H,4,9-10,12H2,1-3H3/t13-/m0/s1. The lowest BCUT2D eigenvalue weighted by Gasteiger charge is -2.23. The average molecular weight is 290 g/mol. The molecule has 0 aliphatic carbocycles. The van der Waals surface area contributed by atoms with Gasteiger partial charge in [0.1, 0.15) is 12.4 Å². The zero-order valence-corrected chi connectivity index (χ0v) is 12.8. The molecule has 0 fully saturated rings. The summed E-state index contributed by atoms with van der Waals surface area (Å²) in [5, 5.41) is 8.90. The average Bonchev–Trinajstić information content (AvgIpc) is 2.52. The van der Waals surface area contributed by atoms with E-state index < -0.39 is 0 Å². The number of methoxy groups -OCH3 is 1. The zero-order chi connectivity index (χ0) is 15.7. The van der Waals surface area contributed by atoms with Crippen LogP contribution in [0.1, 0.15) is 24.2 Å². The van der Waals surface area contributed by atoms with Gasteiger partial charge in [-0.25, -0.2) is 0 Å². The fourth-order valence-corrected chi connectivity index (χ4v) is 1.90. The molecule has 0 aliphatic rings. The van der Waals surface area contributed by atoms with Gasteiger partial charge in [0, 0.05) is 20.2 Å². The molecule has 0 radical (unpaired) electrons. The van der Waals surface area contributed by atoms with E-state index in [0.29, 0.717) is 37.6 Å². The summed E-state index contributed by atoms with van der Waals surface area (Å²) in [4.78, 5) is 14.2. The quantitative estimate of drug-likeness (QED) is 0.689. The molecule has 0 unspecified atom stereocenters. The van der Waals surface area contributed by atoms with Gasteiger partial charge in [-0.15, -0.1) is 0 Å². The van der Waals surface area contributed by atoms with Gasteiger partial charge >= 0.3 is 0 Å². The highest BCUT2D eigenvalue weighted by atomic mass is 16.5. The second kappa shape index (κ2) is 8.98. The van der Waals surface area contributed by atoms with Crippen molar-refractivity contribution in [3.05, 3.63) is 29.8 Å². The molecule has 0 bridgehead atoms. The van der Waals surface area contributed by atoms with E-state index in [4.69, 9.17) is 14.7 Å². The summed E-state index contributed by atoms with van der Waals surface area (Å²) in [5.74, 6) is 0.227. The Morgan fingerprint density at radius 1 is 1.38 bits per heavy atom. The molecule has 0 aliphatic heterocycles. The van der Waals surface area contributed by atoms with Crippen LogP contribution >= 0.6 is 0 Å². The number of nitriles is 1. The van der Waals surface area contributed by atoms with E-state index in [0.717, 1.165) is 0 Å². The SMILES string of the molecule is CCN(C[C@@H](C)C#N)C(=O)c1ccccc1OCCOC. The van der Waals surface area contributed by atoms with E-state index in [-0.39, 0.29) is 11.8 Å². The lowest BCUT2D eigenvalue weighted by molar-refractivity contribution is 0.0745. The second-order valence-electron chi connectivity index (χ2n) is 4.71. The summed E-state index contributed by atoms with van der Waals surface area (Å²) < 4.78 is 10.5. The smallest absolute Gasteiger partial charge is 0.257 e. The van der Waals surface area contributed by atoms with Crippen molar-refractivity contribution in [3.8, 4) is 11.8 Å². The van der Waals surface area contributed by atoms with Crippen LogP contribution in [-0.2, 0) is 4.74 Å². The van der Waals surface area contributed by atoms with Gasteiger partial charge in [0.15, 0.2) is 0 Å².